The van der Waals surface area contributed by atoms with Crippen LogP contribution in [0.3, 0.4) is 0 Å². The Labute approximate surface area is 68.0 Å². The standard InChI is InChI=1S/C8H17NO2/c1-7(2)5-4-6-8(10)9(3)11/h7,11H,4-6H2,1-3H3/p+1. The number of carbonyl (C=O) groups is 1. The van der Waals surface area contributed by atoms with E-state index < -0.39 is 0 Å². The molecule has 2 N–H and O–H groups in total. The fourth-order valence-corrected chi connectivity index (χ4v) is 0.829. The van der Waals surface area contributed by atoms with E-state index in [0.29, 0.717) is 12.3 Å². The summed E-state index contributed by atoms with van der Waals surface area (Å²) in [6, 6.07) is 0. The second-order valence-corrected chi connectivity index (χ2v) is 3.24. The SMILES string of the molecule is CC(C)CCCC(=O)N(C)[OH2+]. The van der Waals surface area contributed by atoms with Crippen LogP contribution in [-0.4, -0.2) is 23.2 Å². The minimum atomic E-state index is -0.0920. The van der Waals surface area contributed by atoms with Gasteiger partial charge in [0.25, 0.3) is 5.91 Å². The molecule has 0 saturated heterocycles. The zero-order valence-corrected chi connectivity index (χ0v) is 7.55. The molecular formula is C8H18NO2+. The summed E-state index contributed by atoms with van der Waals surface area (Å²) in [5.74, 6) is 0.560. The fourth-order valence-electron chi connectivity index (χ4n) is 0.829. The van der Waals surface area contributed by atoms with E-state index in [0.717, 1.165) is 17.9 Å². The maximum Gasteiger partial charge on any atom is 0.286 e. The van der Waals surface area contributed by atoms with Gasteiger partial charge in [-0.1, -0.05) is 20.3 Å². The van der Waals surface area contributed by atoms with Gasteiger partial charge >= 0.3 is 0 Å². The van der Waals surface area contributed by atoms with Crippen LogP contribution in [0.1, 0.15) is 33.1 Å². The number of hydrogen-bond acceptors (Lipinski definition) is 1. The van der Waals surface area contributed by atoms with Crippen molar-refractivity contribution in [1.82, 2.24) is 5.06 Å². The van der Waals surface area contributed by atoms with Crippen molar-refractivity contribution in [1.29, 1.82) is 0 Å². The first-order valence-corrected chi connectivity index (χ1v) is 4.02. The molecule has 3 nitrogen and oxygen atoms in total. The van der Waals surface area contributed by atoms with E-state index in [2.05, 4.69) is 13.8 Å². The van der Waals surface area contributed by atoms with Crippen LogP contribution < -0.4 is 0 Å². The summed E-state index contributed by atoms with van der Waals surface area (Å²) in [5.41, 5.74) is 0. The lowest BCUT2D eigenvalue weighted by Gasteiger charge is -2.05. The van der Waals surface area contributed by atoms with Crippen LogP contribution in [0, 0.1) is 5.92 Å². The Bertz CT molecular complexity index is 121. The number of nitrogens with zero attached hydrogens (tertiary/aromatic N) is 1. The summed E-state index contributed by atoms with van der Waals surface area (Å²) < 4.78 is 0. The van der Waals surface area contributed by atoms with Gasteiger partial charge in [0.15, 0.2) is 0 Å². The van der Waals surface area contributed by atoms with Crippen molar-refractivity contribution in [2.24, 2.45) is 5.92 Å². The molecule has 0 aliphatic rings. The Morgan fingerprint density at radius 2 is 2.09 bits per heavy atom. The quantitative estimate of drug-likeness (QED) is 0.445. The molecule has 0 atom stereocenters. The predicted octanol–water partition coefficient (Wildman–Crippen LogP) is 0.911. The summed E-state index contributed by atoms with van der Waals surface area (Å²) in [6.07, 6.45) is 2.48. The summed E-state index contributed by atoms with van der Waals surface area (Å²) >= 11 is 0. The van der Waals surface area contributed by atoms with Gasteiger partial charge in [-0.15, -0.1) is 5.06 Å². The first kappa shape index (κ1) is 10.4. The monoisotopic (exact) mass is 160 g/mol. The van der Waals surface area contributed by atoms with Crippen molar-refractivity contribution >= 4 is 5.91 Å². The number of hydroxylamine groups is 2. The number of amides is 1. The number of carbonyl (C=O) groups excluding carboxylic acids is 1. The minimum absolute atomic E-state index is 0.0920. The molecule has 0 aliphatic heterocycles. The molecular weight excluding hydrogens is 142 g/mol. The van der Waals surface area contributed by atoms with Gasteiger partial charge in [-0.05, 0) is 12.3 Å². The highest BCUT2D eigenvalue weighted by Crippen LogP contribution is 2.06. The summed E-state index contributed by atoms with van der Waals surface area (Å²) in [7, 11) is 1.47. The Morgan fingerprint density at radius 3 is 2.45 bits per heavy atom. The third kappa shape index (κ3) is 5.85. The molecule has 3 heteroatoms. The van der Waals surface area contributed by atoms with Crippen LogP contribution in [-0.2, 0) is 4.79 Å². The van der Waals surface area contributed by atoms with Crippen LogP contribution in [0.15, 0.2) is 0 Å². The molecule has 0 bridgehead atoms. The third-order valence-electron chi connectivity index (χ3n) is 1.55. The maximum atomic E-state index is 10.9. The number of hydrogen-bond donors (Lipinski definition) is 0. The van der Waals surface area contributed by atoms with E-state index in [4.69, 9.17) is 5.21 Å². The summed E-state index contributed by atoms with van der Waals surface area (Å²) in [4.78, 5) is 10.9. The lowest BCUT2D eigenvalue weighted by atomic mass is 10.1. The third-order valence-corrected chi connectivity index (χ3v) is 1.55. The molecule has 0 aromatic rings. The minimum Gasteiger partial charge on any atom is -0.308 e. The highest BCUT2D eigenvalue weighted by atomic mass is 16.5. The van der Waals surface area contributed by atoms with E-state index in [1.165, 1.54) is 7.05 Å². The Kier molecular flexibility index (Phi) is 4.86. The first-order valence-electron chi connectivity index (χ1n) is 4.02. The molecule has 0 radical (unpaired) electrons. The van der Waals surface area contributed by atoms with E-state index in [1.807, 2.05) is 0 Å². The van der Waals surface area contributed by atoms with E-state index in [1.54, 1.807) is 0 Å². The zero-order valence-electron chi connectivity index (χ0n) is 7.55. The summed E-state index contributed by atoms with van der Waals surface area (Å²) in [5, 5.41) is 7.86. The predicted molar refractivity (Wildman–Crippen MR) is 45.1 cm³/mol. The molecule has 1 amide bonds. The van der Waals surface area contributed by atoms with E-state index in [9.17, 15) is 4.79 Å². The second-order valence-electron chi connectivity index (χ2n) is 3.24. The highest BCUT2D eigenvalue weighted by molar-refractivity contribution is 5.74. The van der Waals surface area contributed by atoms with Crippen molar-refractivity contribution in [2.45, 2.75) is 33.1 Å². The van der Waals surface area contributed by atoms with E-state index in [-0.39, 0.29) is 5.91 Å². The molecule has 0 aliphatic carbocycles. The largest absolute Gasteiger partial charge is 0.308 e. The van der Waals surface area contributed by atoms with Crippen molar-refractivity contribution in [3.63, 3.8) is 0 Å². The highest BCUT2D eigenvalue weighted by Gasteiger charge is 2.08. The maximum absolute atomic E-state index is 10.9. The van der Waals surface area contributed by atoms with Crippen LogP contribution in [0.5, 0.6) is 0 Å². The van der Waals surface area contributed by atoms with Gasteiger partial charge in [-0.3, -0.25) is 4.79 Å². The van der Waals surface area contributed by atoms with Crippen LogP contribution >= 0.6 is 0 Å². The van der Waals surface area contributed by atoms with Crippen LogP contribution in [0.2, 0.25) is 0 Å². The Balaban J connectivity index is 3.32. The fraction of sp³-hybridized carbons (Fsp3) is 0.875. The van der Waals surface area contributed by atoms with Gasteiger partial charge in [0, 0.05) is 6.42 Å². The van der Waals surface area contributed by atoms with Gasteiger partial charge in [-0.2, -0.15) is 0 Å². The van der Waals surface area contributed by atoms with Crippen molar-refractivity contribution in [3.05, 3.63) is 0 Å². The summed E-state index contributed by atoms with van der Waals surface area (Å²) in [6.45, 7) is 4.27. The number of rotatable bonds is 4. The van der Waals surface area contributed by atoms with E-state index >= 15 is 0 Å². The van der Waals surface area contributed by atoms with Gasteiger partial charge in [0.1, 0.15) is 0 Å². The van der Waals surface area contributed by atoms with Gasteiger partial charge in [0.2, 0.25) is 0 Å². The van der Waals surface area contributed by atoms with Crippen molar-refractivity contribution < 1.29 is 10.0 Å². The van der Waals surface area contributed by atoms with Gasteiger partial charge < -0.3 is 5.21 Å². The van der Waals surface area contributed by atoms with Crippen LogP contribution in [0.25, 0.3) is 0 Å². The van der Waals surface area contributed by atoms with Crippen molar-refractivity contribution in [2.75, 3.05) is 7.05 Å². The topological polar surface area (TPSA) is 43.2 Å². The molecule has 0 aromatic heterocycles. The smallest absolute Gasteiger partial charge is 0.286 e. The molecule has 11 heavy (non-hydrogen) atoms. The Morgan fingerprint density at radius 1 is 1.55 bits per heavy atom. The normalized spacial score (nSPS) is 10.3. The molecule has 0 spiro atoms. The van der Waals surface area contributed by atoms with Gasteiger partial charge in [-0.25, -0.2) is 0 Å². The molecule has 0 fully saturated rings. The lowest BCUT2D eigenvalue weighted by molar-refractivity contribution is -0.159. The van der Waals surface area contributed by atoms with Crippen LogP contribution in [0.4, 0.5) is 0 Å². The molecule has 0 unspecified atom stereocenters. The zero-order chi connectivity index (χ0) is 8.85. The molecule has 0 heterocycles. The molecule has 0 rings (SSSR count). The van der Waals surface area contributed by atoms with Crippen molar-refractivity contribution in [3.8, 4) is 0 Å². The second kappa shape index (κ2) is 5.13. The molecule has 66 valence electrons. The Hall–Kier alpha value is -0.570. The molecule has 0 aromatic carbocycles. The average Bonchev–Trinajstić information content (AvgIpc) is 1.86. The van der Waals surface area contributed by atoms with Gasteiger partial charge in [0.05, 0.1) is 7.05 Å². The molecule has 0 saturated carbocycles. The lowest BCUT2D eigenvalue weighted by Crippen LogP contribution is -2.21. The first-order chi connectivity index (χ1) is 5.04. The average molecular weight is 160 g/mol.